The molecule has 3 heterocycles. The summed E-state index contributed by atoms with van der Waals surface area (Å²) >= 11 is 0. The summed E-state index contributed by atoms with van der Waals surface area (Å²) in [5, 5.41) is 17.0. The topological polar surface area (TPSA) is 81.0 Å². The van der Waals surface area contributed by atoms with Crippen LogP contribution in [0.5, 0.6) is 0 Å². The lowest BCUT2D eigenvalue weighted by molar-refractivity contribution is -0.126. The third kappa shape index (κ3) is 3.81. The van der Waals surface area contributed by atoms with E-state index in [9.17, 15) is 10.1 Å². The minimum Gasteiger partial charge on any atom is -0.369 e. The zero-order valence-corrected chi connectivity index (χ0v) is 16.3. The molecule has 1 unspecified atom stereocenters. The van der Waals surface area contributed by atoms with E-state index < -0.39 is 0 Å². The molecule has 0 saturated carbocycles. The quantitative estimate of drug-likeness (QED) is 0.859. The number of anilines is 1. The monoisotopic (exact) mass is 377 g/mol. The molecule has 3 atom stereocenters. The Balaban J connectivity index is 1.55. The first kappa shape index (κ1) is 18.7. The lowest BCUT2D eigenvalue weighted by atomic mass is 9.93. The number of nitrogens with one attached hydrogen (secondary N) is 2. The Morgan fingerprint density at radius 2 is 2.25 bits per heavy atom. The van der Waals surface area contributed by atoms with Gasteiger partial charge in [0.2, 0.25) is 5.91 Å². The highest BCUT2D eigenvalue weighted by Crippen LogP contribution is 2.31. The minimum absolute atomic E-state index is 0.0828. The van der Waals surface area contributed by atoms with E-state index in [1.165, 1.54) is 0 Å². The number of benzene rings is 1. The van der Waals surface area contributed by atoms with E-state index in [1.54, 1.807) is 6.20 Å². The lowest BCUT2D eigenvalue weighted by Crippen LogP contribution is -2.53. The number of fused-ring (bicyclic) bond motifs is 1. The molecular weight excluding hydrogens is 350 g/mol. The first-order chi connectivity index (χ1) is 13.7. The maximum atomic E-state index is 12.7. The van der Waals surface area contributed by atoms with Gasteiger partial charge in [-0.2, -0.15) is 5.26 Å². The van der Waals surface area contributed by atoms with Crippen LogP contribution in [-0.2, 0) is 4.79 Å². The lowest BCUT2D eigenvalue weighted by Gasteiger charge is -2.39. The Kier molecular flexibility index (Phi) is 5.45. The number of rotatable bonds is 3. The average Bonchev–Trinajstić information content (AvgIpc) is 2.73. The van der Waals surface area contributed by atoms with Crippen LogP contribution < -0.4 is 15.5 Å². The van der Waals surface area contributed by atoms with Crippen LogP contribution in [0.4, 0.5) is 5.69 Å². The van der Waals surface area contributed by atoms with Gasteiger partial charge in [-0.15, -0.1) is 0 Å². The highest BCUT2D eigenvalue weighted by molar-refractivity contribution is 5.95. The SMILES string of the molecule is C[C@H]1C[C@@H](NC(=O)C2CCCNC2)CN(c2ccc(C#N)c3ncccc23)C1. The molecule has 1 aromatic carbocycles. The second kappa shape index (κ2) is 8.15. The molecular formula is C22H27N5O. The number of nitriles is 1. The Morgan fingerprint density at radius 3 is 3.04 bits per heavy atom. The average molecular weight is 377 g/mol. The molecule has 2 aromatic rings. The van der Waals surface area contributed by atoms with Crippen LogP contribution >= 0.6 is 0 Å². The van der Waals surface area contributed by atoms with Crippen LogP contribution in [0, 0.1) is 23.2 Å². The number of hydrogen-bond acceptors (Lipinski definition) is 5. The van der Waals surface area contributed by atoms with Crippen LogP contribution in [0.25, 0.3) is 10.9 Å². The number of hydrogen-bond donors (Lipinski definition) is 2. The van der Waals surface area contributed by atoms with Gasteiger partial charge in [0.1, 0.15) is 6.07 Å². The largest absolute Gasteiger partial charge is 0.369 e. The summed E-state index contributed by atoms with van der Waals surface area (Å²) in [5.74, 6) is 0.739. The van der Waals surface area contributed by atoms with E-state index in [-0.39, 0.29) is 17.9 Å². The van der Waals surface area contributed by atoms with Crippen LogP contribution in [0.2, 0.25) is 0 Å². The van der Waals surface area contributed by atoms with Crippen LogP contribution in [0.3, 0.4) is 0 Å². The maximum absolute atomic E-state index is 12.7. The van der Waals surface area contributed by atoms with Crippen molar-refractivity contribution >= 4 is 22.5 Å². The van der Waals surface area contributed by atoms with Crippen LogP contribution in [-0.4, -0.2) is 43.1 Å². The molecule has 28 heavy (non-hydrogen) atoms. The van der Waals surface area contributed by atoms with Crippen molar-refractivity contribution in [3.63, 3.8) is 0 Å². The molecule has 2 aliphatic rings. The van der Waals surface area contributed by atoms with Gasteiger partial charge in [0, 0.05) is 42.9 Å². The number of piperidine rings is 2. The van der Waals surface area contributed by atoms with E-state index in [1.807, 2.05) is 24.3 Å². The summed E-state index contributed by atoms with van der Waals surface area (Å²) in [5.41, 5.74) is 2.43. The molecule has 0 bridgehead atoms. The van der Waals surface area contributed by atoms with Gasteiger partial charge in [0.15, 0.2) is 0 Å². The van der Waals surface area contributed by atoms with Crippen molar-refractivity contribution in [2.45, 2.75) is 32.2 Å². The first-order valence-corrected chi connectivity index (χ1v) is 10.2. The third-order valence-electron chi connectivity index (χ3n) is 5.88. The standard InChI is InChI=1S/C22H27N5O/c1-15-10-18(26-22(28)17-4-2-8-24-12-17)14-27(13-15)20-7-6-16(11-23)21-19(20)5-3-9-25-21/h3,5-7,9,15,17-18,24H,2,4,8,10,12-14H2,1H3,(H,26,28)/t15-,17?,18+/m0/s1. The number of carbonyl (C=O) groups is 1. The van der Waals surface area contributed by atoms with E-state index >= 15 is 0 Å². The van der Waals surface area contributed by atoms with Gasteiger partial charge in [-0.05, 0) is 56.0 Å². The molecule has 2 saturated heterocycles. The van der Waals surface area contributed by atoms with Crippen molar-refractivity contribution in [1.82, 2.24) is 15.6 Å². The Bertz CT molecular complexity index is 899. The molecule has 146 valence electrons. The number of pyridine rings is 1. The fourth-order valence-electron chi connectivity index (χ4n) is 4.57. The molecule has 2 fully saturated rings. The summed E-state index contributed by atoms with van der Waals surface area (Å²) in [6.45, 7) is 5.75. The summed E-state index contributed by atoms with van der Waals surface area (Å²) in [6, 6.07) is 10.2. The number of carbonyl (C=O) groups excluding carboxylic acids is 1. The molecule has 2 aliphatic heterocycles. The van der Waals surface area contributed by atoms with Gasteiger partial charge in [-0.3, -0.25) is 9.78 Å². The second-order valence-electron chi connectivity index (χ2n) is 8.14. The Labute approximate surface area is 165 Å². The fourth-order valence-corrected chi connectivity index (χ4v) is 4.57. The van der Waals surface area contributed by atoms with Crippen molar-refractivity contribution in [2.75, 3.05) is 31.1 Å². The van der Waals surface area contributed by atoms with Gasteiger partial charge in [0.05, 0.1) is 17.0 Å². The van der Waals surface area contributed by atoms with E-state index in [0.29, 0.717) is 11.5 Å². The fraction of sp³-hybridized carbons (Fsp3) is 0.500. The molecule has 1 aromatic heterocycles. The zero-order valence-electron chi connectivity index (χ0n) is 16.3. The summed E-state index contributed by atoms with van der Waals surface area (Å²) in [7, 11) is 0. The van der Waals surface area contributed by atoms with E-state index in [4.69, 9.17) is 0 Å². The van der Waals surface area contributed by atoms with Gasteiger partial charge in [-0.1, -0.05) is 6.92 Å². The number of nitrogens with zero attached hydrogens (tertiary/aromatic N) is 3. The normalized spacial score (nSPS) is 25.3. The maximum Gasteiger partial charge on any atom is 0.224 e. The predicted molar refractivity (Wildman–Crippen MR) is 110 cm³/mol. The van der Waals surface area contributed by atoms with Gasteiger partial charge in [0.25, 0.3) is 0 Å². The molecule has 0 aliphatic carbocycles. The molecule has 6 nitrogen and oxygen atoms in total. The summed E-state index contributed by atoms with van der Waals surface area (Å²) in [6.07, 6.45) is 4.76. The highest BCUT2D eigenvalue weighted by atomic mass is 16.2. The van der Waals surface area contributed by atoms with Crippen molar-refractivity contribution < 1.29 is 4.79 Å². The van der Waals surface area contributed by atoms with Gasteiger partial charge in [-0.25, -0.2) is 0 Å². The Hall–Kier alpha value is -2.65. The van der Waals surface area contributed by atoms with Crippen molar-refractivity contribution in [3.8, 4) is 6.07 Å². The highest BCUT2D eigenvalue weighted by Gasteiger charge is 2.29. The number of aromatic nitrogens is 1. The zero-order chi connectivity index (χ0) is 19.5. The van der Waals surface area contributed by atoms with Gasteiger partial charge < -0.3 is 15.5 Å². The van der Waals surface area contributed by atoms with Crippen molar-refractivity contribution in [1.29, 1.82) is 5.26 Å². The van der Waals surface area contributed by atoms with Gasteiger partial charge >= 0.3 is 0 Å². The van der Waals surface area contributed by atoms with Crippen LogP contribution in [0.15, 0.2) is 30.5 Å². The summed E-state index contributed by atoms with van der Waals surface area (Å²) in [4.78, 5) is 19.5. The molecule has 6 heteroatoms. The van der Waals surface area contributed by atoms with Crippen molar-refractivity contribution in [2.24, 2.45) is 11.8 Å². The van der Waals surface area contributed by atoms with E-state index in [0.717, 1.165) is 62.0 Å². The smallest absolute Gasteiger partial charge is 0.224 e. The molecule has 4 rings (SSSR count). The second-order valence-corrected chi connectivity index (χ2v) is 8.14. The molecule has 2 N–H and O–H groups in total. The summed E-state index contributed by atoms with van der Waals surface area (Å²) < 4.78 is 0. The molecule has 0 spiro atoms. The van der Waals surface area contributed by atoms with E-state index in [2.05, 4.69) is 33.5 Å². The van der Waals surface area contributed by atoms with Crippen molar-refractivity contribution in [3.05, 3.63) is 36.0 Å². The first-order valence-electron chi connectivity index (χ1n) is 10.2. The minimum atomic E-state index is 0.0828. The molecule has 0 radical (unpaired) electrons. The number of amides is 1. The van der Waals surface area contributed by atoms with Crippen LogP contribution in [0.1, 0.15) is 31.7 Å². The predicted octanol–water partition coefficient (Wildman–Crippen LogP) is 2.44. The third-order valence-corrected chi connectivity index (χ3v) is 5.88. The molecule has 1 amide bonds. The Morgan fingerprint density at radius 1 is 1.36 bits per heavy atom.